The molecule has 28 heavy (non-hydrogen) atoms. The van der Waals surface area contributed by atoms with Crippen molar-refractivity contribution in [3.05, 3.63) is 53.3 Å². The molecule has 2 aromatic rings. The van der Waals surface area contributed by atoms with Crippen LogP contribution in [-0.4, -0.2) is 35.8 Å². The minimum Gasteiger partial charge on any atom is -0.484 e. The highest BCUT2D eigenvalue weighted by Crippen LogP contribution is 2.35. The van der Waals surface area contributed by atoms with Crippen LogP contribution in [0, 0.1) is 0 Å². The van der Waals surface area contributed by atoms with E-state index in [9.17, 15) is 18.4 Å². The lowest BCUT2D eigenvalue weighted by molar-refractivity contribution is 0.00709. The predicted molar refractivity (Wildman–Crippen MR) is 99.7 cm³/mol. The van der Waals surface area contributed by atoms with Crippen molar-refractivity contribution in [2.24, 2.45) is 0 Å². The Balaban J connectivity index is 1.77. The molecule has 2 amide bonds. The Morgan fingerprint density at radius 1 is 1.25 bits per heavy atom. The molecule has 0 aliphatic heterocycles. The number of alkyl halides is 2. The van der Waals surface area contributed by atoms with Crippen LogP contribution in [0.25, 0.3) is 0 Å². The highest BCUT2D eigenvalue weighted by atomic mass is 19.3. The van der Waals surface area contributed by atoms with Gasteiger partial charge >= 0.3 is 0 Å². The first kappa shape index (κ1) is 19.9. The van der Waals surface area contributed by atoms with Gasteiger partial charge in [0.25, 0.3) is 11.8 Å². The van der Waals surface area contributed by atoms with Crippen LogP contribution in [0.5, 0.6) is 5.75 Å². The number of H-pyrrole nitrogens is 1. The molecule has 2 atom stereocenters. The maximum Gasteiger partial charge on any atom is 0.271 e. The fraction of sp³-hybridized carbons (Fsp3) is 0.400. The quantitative estimate of drug-likeness (QED) is 0.706. The number of aromatic amines is 1. The number of nitrogens with one attached hydrogen (secondary N) is 3. The summed E-state index contributed by atoms with van der Waals surface area (Å²) in [4.78, 5) is 27.4. The molecule has 150 valence electrons. The molecule has 3 rings (SSSR count). The van der Waals surface area contributed by atoms with Gasteiger partial charge in [-0.1, -0.05) is 30.3 Å². The van der Waals surface area contributed by atoms with E-state index in [-0.39, 0.29) is 42.5 Å². The second-order valence-electron chi connectivity index (χ2n) is 6.94. The van der Waals surface area contributed by atoms with Gasteiger partial charge in [0.15, 0.2) is 5.75 Å². The summed E-state index contributed by atoms with van der Waals surface area (Å²) in [6.07, 6.45) is -0.758. The van der Waals surface area contributed by atoms with Gasteiger partial charge in [-0.2, -0.15) is 0 Å². The molecule has 3 N–H and O–H groups in total. The highest BCUT2D eigenvalue weighted by Gasteiger charge is 2.40. The van der Waals surface area contributed by atoms with Crippen molar-refractivity contribution < 1.29 is 23.1 Å². The molecular formula is C20H23F2N3O3. The average molecular weight is 391 g/mol. The second-order valence-corrected chi connectivity index (χ2v) is 6.94. The number of aromatic nitrogens is 1. The van der Waals surface area contributed by atoms with Gasteiger partial charge in [0.2, 0.25) is 5.92 Å². The van der Waals surface area contributed by atoms with Crippen molar-refractivity contribution >= 4 is 11.8 Å². The molecule has 1 aromatic heterocycles. The van der Waals surface area contributed by atoms with Crippen molar-refractivity contribution in [2.45, 2.75) is 44.3 Å². The maximum atomic E-state index is 13.3. The fourth-order valence-corrected chi connectivity index (χ4v) is 3.26. The zero-order valence-electron chi connectivity index (χ0n) is 15.7. The van der Waals surface area contributed by atoms with Crippen LogP contribution in [0.15, 0.2) is 36.4 Å². The van der Waals surface area contributed by atoms with Crippen molar-refractivity contribution in [2.75, 3.05) is 7.05 Å². The summed E-state index contributed by atoms with van der Waals surface area (Å²) in [5.41, 5.74) is 1.10. The Morgan fingerprint density at radius 2 is 1.96 bits per heavy atom. The number of hydrogen-bond acceptors (Lipinski definition) is 3. The summed E-state index contributed by atoms with van der Waals surface area (Å²) in [5.74, 6) is -3.52. The van der Waals surface area contributed by atoms with Gasteiger partial charge in [0.05, 0.1) is 0 Å². The van der Waals surface area contributed by atoms with E-state index in [1.165, 1.54) is 13.1 Å². The van der Waals surface area contributed by atoms with E-state index in [4.69, 9.17) is 4.74 Å². The first-order valence-corrected chi connectivity index (χ1v) is 9.14. The third kappa shape index (κ3) is 4.49. The summed E-state index contributed by atoms with van der Waals surface area (Å²) in [6, 6.07) is 10.3. The predicted octanol–water partition coefficient (Wildman–Crippen LogP) is 3.43. The standard InChI is InChI=1S/C20H23F2N3O3/c1-12(13-6-4-3-5-7-13)28-16-10-15(25-17(16)19(27)23-2)18(26)24-14-8-9-20(21,22)11-14/h3-7,10,12,14,25H,8-9,11H2,1-2H3,(H,23,27)(H,24,26)/t12-,14+/m0/s1. The van der Waals surface area contributed by atoms with Crippen molar-refractivity contribution in [3.8, 4) is 5.75 Å². The largest absolute Gasteiger partial charge is 0.484 e. The molecule has 8 heteroatoms. The second kappa shape index (κ2) is 8.00. The van der Waals surface area contributed by atoms with Crippen LogP contribution >= 0.6 is 0 Å². The van der Waals surface area contributed by atoms with Crippen LogP contribution < -0.4 is 15.4 Å². The van der Waals surface area contributed by atoms with E-state index in [1.54, 1.807) is 0 Å². The minimum absolute atomic E-state index is 0.0871. The average Bonchev–Trinajstić information content (AvgIpc) is 3.24. The number of ether oxygens (including phenoxy) is 1. The van der Waals surface area contributed by atoms with Gasteiger partial charge in [0.1, 0.15) is 17.5 Å². The molecule has 1 aliphatic rings. The number of hydrogen-bond donors (Lipinski definition) is 3. The Bertz CT molecular complexity index is 852. The monoisotopic (exact) mass is 391 g/mol. The van der Waals surface area contributed by atoms with Gasteiger partial charge < -0.3 is 20.4 Å². The lowest BCUT2D eigenvalue weighted by Crippen LogP contribution is -2.34. The van der Waals surface area contributed by atoms with E-state index in [0.29, 0.717) is 0 Å². The molecule has 1 heterocycles. The number of rotatable bonds is 6. The van der Waals surface area contributed by atoms with E-state index < -0.39 is 23.8 Å². The Kier molecular flexibility index (Phi) is 5.67. The molecule has 1 fully saturated rings. The van der Waals surface area contributed by atoms with E-state index in [1.807, 2.05) is 37.3 Å². The molecule has 0 unspecified atom stereocenters. The first-order chi connectivity index (χ1) is 13.3. The van der Waals surface area contributed by atoms with Crippen molar-refractivity contribution in [1.29, 1.82) is 0 Å². The zero-order valence-corrected chi connectivity index (χ0v) is 15.7. The molecule has 0 saturated heterocycles. The summed E-state index contributed by atoms with van der Waals surface area (Å²) in [6.45, 7) is 1.83. The molecule has 0 bridgehead atoms. The number of carbonyl (C=O) groups excluding carboxylic acids is 2. The van der Waals surface area contributed by atoms with Gasteiger partial charge in [-0.05, 0) is 18.9 Å². The van der Waals surface area contributed by atoms with Gasteiger partial charge in [-0.15, -0.1) is 0 Å². The maximum absolute atomic E-state index is 13.3. The molecule has 1 aliphatic carbocycles. The van der Waals surface area contributed by atoms with E-state index in [0.717, 1.165) is 5.56 Å². The summed E-state index contributed by atoms with van der Waals surface area (Å²) >= 11 is 0. The lowest BCUT2D eigenvalue weighted by atomic mass is 10.1. The molecule has 0 radical (unpaired) electrons. The van der Waals surface area contributed by atoms with Crippen LogP contribution in [-0.2, 0) is 0 Å². The molecule has 6 nitrogen and oxygen atoms in total. The minimum atomic E-state index is -2.75. The smallest absolute Gasteiger partial charge is 0.271 e. The number of halogens is 2. The fourth-order valence-electron chi connectivity index (χ4n) is 3.26. The molecule has 0 spiro atoms. The normalized spacial score (nSPS) is 19.1. The van der Waals surface area contributed by atoms with Crippen LogP contribution in [0.4, 0.5) is 8.78 Å². The third-order valence-electron chi connectivity index (χ3n) is 4.79. The van der Waals surface area contributed by atoms with E-state index >= 15 is 0 Å². The van der Waals surface area contributed by atoms with Gasteiger partial charge in [-0.3, -0.25) is 9.59 Å². The number of amides is 2. The summed E-state index contributed by atoms with van der Waals surface area (Å²) in [5, 5.41) is 5.09. The van der Waals surface area contributed by atoms with Crippen LogP contribution in [0.2, 0.25) is 0 Å². The van der Waals surface area contributed by atoms with Crippen LogP contribution in [0.1, 0.15) is 58.8 Å². The third-order valence-corrected chi connectivity index (χ3v) is 4.79. The Hall–Kier alpha value is -2.90. The van der Waals surface area contributed by atoms with Crippen LogP contribution in [0.3, 0.4) is 0 Å². The summed E-state index contributed by atoms with van der Waals surface area (Å²) < 4.78 is 32.6. The molecular weight excluding hydrogens is 368 g/mol. The first-order valence-electron chi connectivity index (χ1n) is 9.14. The molecule has 1 saturated carbocycles. The Morgan fingerprint density at radius 3 is 2.57 bits per heavy atom. The van der Waals surface area contributed by atoms with Crippen molar-refractivity contribution in [1.82, 2.24) is 15.6 Å². The number of carbonyl (C=O) groups is 2. The SMILES string of the molecule is CNC(=O)c1[nH]c(C(=O)N[C@@H]2CCC(F)(F)C2)cc1O[C@@H](C)c1ccccc1. The van der Waals surface area contributed by atoms with Gasteiger partial charge in [-0.25, -0.2) is 8.78 Å². The molecule has 1 aromatic carbocycles. The van der Waals surface area contributed by atoms with E-state index in [2.05, 4.69) is 15.6 Å². The number of benzene rings is 1. The zero-order chi connectivity index (χ0) is 20.3. The van der Waals surface area contributed by atoms with Gasteiger partial charge in [0, 0.05) is 32.0 Å². The van der Waals surface area contributed by atoms with Crippen molar-refractivity contribution in [3.63, 3.8) is 0 Å². The lowest BCUT2D eigenvalue weighted by Gasteiger charge is -2.15. The topological polar surface area (TPSA) is 83.2 Å². The Labute approximate surface area is 161 Å². The highest BCUT2D eigenvalue weighted by molar-refractivity contribution is 5.99. The summed E-state index contributed by atoms with van der Waals surface area (Å²) in [7, 11) is 1.47.